The normalized spacial score (nSPS) is 11.3. The fraction of sp³-hybridized carbons (Fsp3) is 0.179. The zero-order chi connectivity index (χ0) is 31.4. The largest absolute Gasteiger partial charge is 0.305 e. The van der Waals surface area contributed by atoms with E-state index in [0.29, 0.717) is 16.2 Å². The van der Waals surface area contributed by atoms with Gasteiger partial charge in [-0.2, -0.15) is 0 Å². The van der Waals surface area contributed by atoms with Crippen LogP contribution in [0.2, 0.25) is 0 Å². The van der Waals surface area contributed by atoms with E-state index < -0.39 is 7.14 Å². The Labute approximate surface area is 263 Å². The van der Waals surface area contributed by atoms with E-state index in [4.69, 9.17) is 0 Å². The Kier molecular flexibility index (Phi) is 9.44. The van der Waals surface area contributed by atoms with Gasteiger partial charge in [-0.25, -0.2) is 0 Å². The maximum absolute atomic E-state index is 14.2. The molecule has 5 aromatic carbocycles. The van der Waals surface area contributed by atoms with Gasteiger partial charge in [-0.15, -0.1) is 11.3 Å². The van der Waals surface area contributed by atoms with Gasteiger partial charge in [-0.1, -0.05) is 110 Å². The number of carbonyl (C=O) groups excluding carboxylic acids is 1. The van der Waals surface area contributed by atoms with Gasteiger partial charge >= 0.3 is 0 Å². The van der Waals surface area contributed by atoms with Gasteiger partial charge in [0.2, 0.25) is 12.7 Å². The monoisotopic (exact) mass is 616 g/mol. The molecule has 0 radical (unpaired) electrons. The lowest BCUT2D eigenvalue weighted by Crippen LogP contribution is -2.23. The van der Waals surface area contributed by atoms with Crippen molar-refractivity contribution in [3.8, 4) is 0 Å². The third-order valence-electron chi connectivity index (χ3n) is 8.02. The van der Waals surface area contributed by atoms with Gasteiger partial charge < -0.3 is 4.57 Å². The van der Waals surface area contributed by atoms with E-state index in [1.807, 2.05) is 93.6 Å². The van der Waals surface area contributed by atoms with Gasteiger partial charge in [-0.3, -0.25) is 9.59 Å². The van der Waals surface area contributed by atoms with Crippen LogP contribution in [0.4, 0.5) is 0 Å². The summed E-state index contributed by atoms with van der Waals surface area (Å²) >= 11 is 1.74. The molecule has 0 unspecified atom stereocenters. The third kappa shape index (κ3) is 5.98. The van der Waals surface area contributed by atoms with Crippen molar-refractivity contribution in [2.75, 3.05) is 0 Å². The minimum absolute atomic E-state index is 0.175. The van der Waals surface area contributed by atoms with Crippen molar-refractivity contribution in [3.05, 3.63) is 153 Å². The summed E-state index contributed by atoms with van der Waals surface area (Å²) in [5, 5.41) is 2.88. The number of hydrogen-bond donors (Lipinski definition) is 0. The number of aryl methyl sites for hydroxylation is 5. The lowest BCUT2D eigenvalue weighted by atomic mass is 10.0. The second-order valence-corrected chi connectivity index (χ2v) is 14.8. The molecule has 5 heteroatoms. The fourth-order valence-corrected chi connectivity index (χ4v) is 9.70. The number of benzene rings is 5. The van der Waals surface area contributed by atoms with E-state index in [1.165, 1.54) is 11.1 Å². The van der Waals surface area contributed by atoms with E-state index in [0.717, 1.165) is 49.7 Å². The molecular weight excluding hydrogens is 579 g/mol. The lowest BCUT2D eigenvalue weighted by Gasteiger charge is -2.20. The molecule has 0 aliphatic heterocycles. The lowest BCUT2D eigenvalue weighted by molar-refractivity contribution is 0.107. The topological polar surface area (TPSA) is 51.2 Å². The SMILES string of the molecule is CCc1cc(CC)c2sc3ccccc3c(=O)c2c1.Cc1cc(C)c(C(=O)P(=O)(c2ccccc2)c2ccccc2)c(C)c1. The van der Waals surface area contributed by atoms with Crippen molar-refractivity contribution < 1.29 is 9.36 Å². The van der Waals surface area contributed by atoms with Crippen LogP contribution in [0, 0.1) is 20.8 Å². The van der Waals surface area contributed by atoms with Crippen LogP contribution in [0.25, 0.3) is 20.2 Å². The molecule has 222 valence electrons. The summed E-state index contributed by atoms with van der Waals surface area (Å²) < 4.78 is 16.4. The summed E-state index contributed by atoms with van der Waals surface area (Å²) in [5.41, 5.74) is 5.84. The van der Waals surface area contributed by atoms with Crippen molar-refractivity contribution in [2.45, 2.75) is 47.5 Å². The molecule has 0 N–H and O–H groups in total. The maximum atomic E-state index is 14.2. The second-order valence-electron chi connectivity index (χ2n) is 11.1. The van der Waals surface area contributed by atoms with Gasteiger partial charge in [-0.05, 0) is 74.1 Å². The zero-order valence-electron chi connectivity index (χ0n) is 25.9. The van der Waals surface area contributed by atoms with Crippen LogP contribution in [-0.4, -0.2) is 5.52 Å². The molecule has 0 saturated carbocycles. The smallest absolute Gasteiger partial charge is 0.230 e. The molecule has 0 aliphatic rings. The molecule has 0 aliphatic carbocycles. The minimum Gasteiger partial charge on any atom is -0.305 e. The highest BCUT2D eigenvalue weighted by Crippen LogP contribution is 2.48. The van der Waals surface area contributed by atoms with E-state index in [-0.39, 0.29) is 11.0 Å². The van der Waals surface area contributed by atoms with E-state index >= 15 is 0 Å². The Hall–Kier alpha value is -4.11. The van der Waals surface area contributed by atoms with Crippen molar-refractivity contribution in [1.82, 2.24) is 0 Å². The third-order valence-corrected chi connectivity index (χ3v) is 12.1. The van der Waals surface area contributed by atoms with Gasteiger partial charge in [0.1, 0.15) is 0 Å². The van der Waals surface area contributed by atoms with Crippen LogP contribution in [0.1, 0.15) is 52.0 Å². The molecule has 1 aromatic heterocycles. The highest BCUT2D eigenvalue weighted by Gasteiger charge is 2.37. The molecule has 6 aromatic rings. The number of rotatable bonds is 6. The average molecular weight is 617 g/mol. The highest BCUT2D eigenvalue weighted by molar-refractivity contribution is 7.93. The van der Waals surface area contributed by atoms with Crippen LogP contribution >= 0.6 is 18.5 Å². The molecule has 1 heterocycles. The molecule has 6 rings (SSSR count). The average Bonchev–Trinajstić information content (AvgIpc) is 3.04. The van der Waals surface area contributed by atoms with Crippen molar-refractivity contribution in [2.24, 2.45) is 0 Å². The highest BCUT2D eigenvalue weighted by atomic mass is 32.1. The van der Waals surface area contributed by atoms with Crippen molar-refractivity contribution >= 4 is 54.8 Å². The number of hydrogen-bond acceptors (Lipinski definition) is 4. The van der Waals surface area contributed by atoms with E-state index in [2.05, 4.69) is 26.0 Å². The van der Waals surface area contributed by atoms with E-state index in [9.17, 15) is 14.2 Å². The van der Waals surface area contributed by atoms with Gasteiger partial charge in [0.05, 0.1) is 0 Å². The first kappa shape index (κ1) is 31.3. The molecule has 0 saturated heterocycles. The zero-order valence-corrected chi connectivity index (χ0v) is 27.6. The molecule has 44 heavy (non-hydrogen) atoms. The Balaban J connectivity index is 0.000000181. The molecule has 0 bridgehead atoms. The molecule has 3 nitrogen and oxygen atoms in total. The summed E-state index contributed by atoms with van der Waals surface area (Å²) in [5.74, 6) is 0. The maximum Gasteiger partial charge on any atom is 0.230 e. The summed E-state index contributed by atoms with van der Waals surface area (Å²) in [7, 11) is -3.44. The Bertz CT molecular complexity index is 2010. The first-order valence-electron chi connectivity index (χ1n) is 15.0. The second kappa shape index (κ2) is 13.3. The molecular formula is C39H37O3PS. The van der Waals surface area contributed by atoms with Crippen LogP contribution in [0.15, 0.2) is 114 Å². The predicted octanol–water partition coefficient (Wildman–Crippen LogP) is 9.31. The number of carbonyl (C=O) groups is 1. The standard InChI is InChI=1S/C22H21O2P.C17H16OS/c1-16-14-17(2)21(18(3)15-16)22(23)25(24,19-10-6-4-7-11-19)20-12-8-5-9-13-20;1-3-11-9-12(4-2)17-14(10-11)16(18)13-7-5-6-8-15(13)19-17/h4-15H,1-3H3;5-10H,3-4H2,1-2H3. The number of fused-ring (bicyclic) bond motifs is 2. The minimum atomic E-state index is -3.44. The Morgan fingerprint density at radius 1 is 0.682 bits per heavy atom. The molecule has 0 fully saturated rings. The van der Waals surface area contributed by atoms with Gasteiger partial charge in [0, 0.05) is 36.3 Å². The summed E-state index contributed by atoms with van der Waals surface area (Å²) in [6, 6.07) is 34.3. The van der Waals surface area contributed by atoms with E-state index in [1.54, 1.807) is 35.6 Å². The van der Waals surface area contributed by atoms with Crippen LogP contribution < -0.4 is 16.0 Å². The van der Waals surface area contributed by atoms with Crippen LogP contribution in [0.5, 0.6) is 0 Å². The first-order valence-corrected chi connectivity index (χ1v) is 17.5. The van der Waals surface area contributed by atoms with Crippen LogP contribution in [-0.2, 0) is 17.4 Å². The quantitative estimate of drug-likeness (QED) is 0.138. The summed E-state index contributed by atoms with van der Waals surface area (Å²) in [6.07, 6.45) is 1.94. The van der Waals surface area contributed by atoms with Gasteiger partial charge in [0.15, 0.2) is 5.43 Å². The fourth-order valence-electron chi connectivity index (χ4n) is 5.84. The Morgan fingerprint density at radius 3 is 1.77 bits per heavy atom. The van der Waals surface area contributed by atoms with Crippen molar-refractivity contribution in [3.63, 3.8) is 0 Å². The Morgan fingerprint density at radius 2 is 1.23 bits per heavy atom. The summed E-state index contributed by atoms with van der Waals surface area (Å²) in [4.78, 5) is 26.2. The first-order chi connectivity index (χ1) is 21.2. The molecule has 0 atom stereocenters. The van der Waals surface area contributed by atoms with Crippen molar-refractivity contribution in [1.29, 1.82) is 0 Å². The summed E-state index contributed by atoms with van der Waals surface area (Å²) in [6.45, 7) is 10.1. The van der Waals surface area contributed by atoms with Crippen LogP contribution in [0.3, 0.4) is 0 Å². The predicted molar refractivity (Wildman–Crippen MR) is 189 cm³/mol. The molecule has 0 amide bonds. The molecule has 0 spiro atoms. The van der Waals surface area contributed by atoms with Gasteiger partial charge in [0.25, 0.3) is 0 Å².